The lowest BCUT2D eigenvalue weighted by atomic mass is 10.2. The maximum Gasteiger partial charge on any atom is 0.405 e. The second kappa shape index (κ2) is 5.68. The van der Waals surface area contributed by atoms with E-state index < -0.39 is 24.7 Å². The van der Waals surface area contributed by atoms with E-state index in [0.717, 1.165) is 0 Å². The highest BCUT2D eigenvalue weighted by Crippen LogP contribution is 2.13. The predicted octanol–water partition coefficient (Wildman–Crippen LogP) is 0.774. The number of halogens is 3. The maximum atomic E-state index is 11.9. The van der Waals surface area contributed by atoms with Gasteiger partial charge in [0.15, 0.2) is 0 Å². The van der Waals surface area contributed by atoms with E-state index in [4.69, 9.17) is 4.74 Å². The first-order valence-corrected chi connectivity index (χ1v) is 5.49. The van der Waals surface area contributed by atoms with Crippen LogP contribution >= 0.6 is 0 Å². The molecule has 1 rings (SSSR count). The summed E-state index contributed by atoms with van der Waals surface area (Å²) in [5.41, 5.74) is 0. The van der Waals surface area contributed by atoms with Gasteiger partial charge < -0.3 is 10.1 Å². The first kappa shape index (κ1) is 14.2. The van der Waals surface area contributed by atoms with Crippen LogP contribution in [0, 0.1) is 0 Å². The molecule has 0 aromatic rings. The van der Waals surface area contributed by atoms with E-state index in [2.05, 4.69) is 0 Å². The molecule has 7 heteroatoms. The lowest BCUT2D eigenvalue weighted by Crippen LogP contribution is -2.52. The Kier molecular flexibility index (Phi) is 4.76. The third-order valence-corrected chi connectivity index (χ3v) is 2.66. The van der Waals surface area contributed by atoms with E-state index in [1.165, 1.54) is 0 Å². The van der Waals surface area contributed by atoms with Gasteiger partial charge in [0.05, 0.1) is 18.8 Å². The van der Waals surface area contributed by atoms with Gasteiger partial charge in [-0.2, -0.15) is 13.2 Å². The van der Waals surface area contributed by atoms with Gasteiger partial charge in [0.1, 0.15) is 6.54 Å². The molecule has 0 bridgehead atoms. The summed E-state index contributed by atoms with van der Waals surface area (Å²) in [6.45, 7) is 3.80. The van der Waals surface area contributed by atoms with Crippen molar-refractivity contribution in [3.8, 4) is 0 Å². The average molecular weight is 254 g/mol. The van der Waals surface area contributed by atoms with E-state index in [9.17, 15) is 18.0 Å². The molecule has 0 spiro atoms. The molecule has 0 aromatic heterocycles. The zero-order chi connectivity index (χ0) is 13.1. The number of morpholine rings is 1. The summed E-state index contributed by atoms with van der Waals surface area (Å²) in [7, 11) is 0. The van der Waals surface area contributed by atoms with Crippen LogP contribution in [0.1, 0.15) is 13.8 Å². The first-order valence-electron chi connectivity index (χ1n) is 5.49. The number of carbonyl (C=O) groups is 1. The Labute approximate surface area is 98.1 Å². The normalized spacial score (nSPS) is 24.4. The Hall–Kier alpha value is -0.820. The summed E-state index contributed by atoms with van der Waals surface area (Å²) in [5.74, 6) is -0.601. The largest absolute Gasteiger partial charge is 0.405 e. The summed E-state index contributed by atoms with van der Waals surface area (Å²) in [6.07, 6.45) is -4.37. The Balaban J connectivity index is 2.40. The van der Waals surface area contributed by atoms with Crippen molar-refractivity contribution in [3.05, 3.63) is 0 Å². The molecule has 1 aliphatic heterocycles. The maximum absolute atomic E-state index is 11.9. The van der Waals surface area contributed by atoms with Crippen molar-refractivity contribution in [1.82, 2.24) is 10.2 Å². The van der Waals surface area contributed by atoms with E-state index >= 15 is 0 Å². The van der Waals surface area contributed by atoms with Crippen molar-refractivity contribution in [2.75, 3.05) is 26.2 Å². The second-order valence-electron chi connectivity index (χ2n) is 4.19. The van der Waals surface area contributed by atoms with E-state index in [0.29, 0.717) is 19.7 Å². The Morgan fingerprint density at radius 1 is 1.59 bits per heavy atom. The number of amides is 1. The summed E-state index contributed by atoms with van der Waals surface area (Å²) in [6, 6.07) is -0.566. The fraction of sp³-hybridized carbons (Fsp3) is 0.900. The molecule has 1 saturated heterocycles. The zero-order valence-electron chi connectivity index (χ0n) is 9.88. The number of rotatable bonds is 3. The highest BCUT2D eigenvalue weighted by molar-refractivity contribution is 5.81. The van der Waals surface area contributed by atoms with Gasteiger partial charge in [0.25, 0.3) is 0 Å². The lowest BCUT2D eigenvalue weighted by molar-refractivity contribution is -0.142. The molecule has 1 fully saturated rings. The Bertz CT molecular complexity index is 271. The third-order valence-electron chi connectivity index (χ3n) is 2.66. The summed E-state index contributed by atoms with van der Waals surface area (Å²) in [4.78, 5) is 13.3. The Morgan fingerprint density at radius 2 is 2.24 bits per heavy atom. The van der Waals surface area contributed by atoms with Gasteiger partial charge in [-0.05, 0) is 13.8 Å². The minimum absolute atomic E-state index is 0.00150. The van der Waals surface area contributed by atoms with Gasteiger partial charge in [0, 0.05) is 13.1 Å². The highest BCUT2D eigenvalue weighted by Gasteiger charge is 2.31. The van der Waals surface area contributed by atoms with Crippen molar-refractivity contribution in [3.63, 3.8) is 0 Å². The molecular weight excluding hydrogens is 237 g/mol. The van der Waals surface area contributed by atoms with Gasteiger partial charge in [-0.25, -0.2) is 0 Å². The van der Waals surface area contributed by atoms with Gasteiger partial charge in [-0.1, -0.05) is 0 Å². The topological polar surface area (TPSA) is 41.6 Å². The summed E-state index contributed by atoms with van der Waals surface area (Å²) < 4.78 is 41.1. The van der Waals surface area contributed by atoms with Crippen LogP contribution in [0.5, 0.6) is 0 Å². The molecular formula is C10H17F3N2O2. The van der Waals surface area contributed by atoms with Crippen molar-refractivity contribution < 1.29 is 22.7 Å². The molecule has 1 heterocycles. The van der Waals surface area contributed by atoms with Crippen molar-refractivity contribution in [1.29, 1.82) is 0 Å². The van der Waals surface area contributed by atoms with E-state index in [-0.39, 0.29) is 6.10 Å². The van der Waals surface area contributed by atoms with Crippen LogP contribution in [-0.2, 0) is 9.53 Å². The second-order valence-corrected chi connectivity index (χ2v) is 4.19. The number of alkyl halides is 3. The number of nitrogens with one attached hydrogen (secondary N) is 1. The number of hydrogen-bond donors (Lipinski definition) is 1. The number of hydrogen-bond acceptors (Lipinski definition) is 3. The van der Waals surface area contributed by atoms with Crippen LogP contribution in [0.15, 0.2) is 0 Å². The fourth-order valence-electron chi connectivity index (χ4n) is 1.70. The van der Waals surface area contributed by atoms with Gasteiger partial charge in [-0.15, -0.1) is 0 Å². The van der Waals surface area contributed by atoms with Crippen LogP contribution in [-0.4, -0.2) is 55.4 Å². The zero-order valence-corrected chi connectivity index (χ0v) is 9.88. The van der Waals surface area contributed by atoms with Crippen LogP contribution in [0.25, 0.3) is 0 Å². The molecule has 100 valence electrons. The standard InChI is InChI=1S/C10H17F3N2O2/c1-7-5-15(3-4-17-7)8(2)9(16)14-6-10(11,12)13/h7-8H,3-6H2,1-2H3,(H,14,16). The SMILES string of the molecule is CC1CN(C(C)C(=O)NCC(F)(F)F)CCO1. The molecule has 4 nitrogen and oxygen atoms in total. The lowest BCUT2D eigenvalue weighted by Gasteiger charge is -2.34. The quantitative estimate of drug-likeness (QED) is 0.809. The van der Waals surface area contributed by atoms with Gasteiger partial charge in [-0.3, -0.25) is 9.69 Å². The van der Waals surface area contributed by atoms with Crippen molar-refractivity contribution in [2.45, 2.75) is 32.2 Å². The van der Waals surface area contributed by atoms with E-state index in [1.807, 2.05) is 17.1 Å². The molecule has 0 aliphatic carbocycles. The molecule has 1 aliphatic rings. The molecule has 1 amide bonds. The van der Waals surface area contributed by atoms with Crippen LogP contribution in [0.3, 0.4) is 0 Å². The average Bonchev–Trinajstić information content (AvgIpc) is 2.24. The minimum Gasteiger partial charge on any atom is -0.376 e. The predicted molar refractivity (Wildman–Crippen MR) is 55.5 cm³/mol. The molecule has 2 atom stereocenters. The van der Waals surface area contributed by atoms with Crippen molar-refractivity contribution >= 4 is 5.91 Å². The smallest absolute Gasteiger partial charge is 0.376 e. The number of ether oxygens (including phenoxy) is 1. The summed E-state index contributed by atoms with van der Waals surface area (Å²) >= 11 is 0. The minimum atomic E-state index is -4.37. The van der Waals surface area contributed by atoms with Gasteiger partial charge >= 0.3 is 6.18 Å². The fourth-order valence-corrected chi connectivity index (χ4v) is 1.70. The molecule has 2 unspecified atom stereocenters. The van der Waals surface area contributed by atoms with E-state index in [1.54, 1.807) is 6.92 Å². The molecule has 0 saturated carbocycles. The number of nitrogens with zero attached hydrogens (tertiary/aromatic N) is 1. The van der Waals surface area contributed by atoms with Gasteiger partial charge in [0.2, 0.25) is 5.91 Å². The molecule has 0 aromatic carbocycles. The monoisotopic (exact) mass is 254 g/mol. The van der Waals surface area contributed by atoms with Crippen LogP contribution in [0.4, 0.5) is 13.2 Å². The molecule has 1 N–H and O–H groups in total. The van der Waals surface area contributed by atoms with Crippen molar-refractivity contribution in [2.24, 2.45) is 0 Å². The highest BCUT2D eigenvalue weighted by atomic mass is 19.4. The molecule has 17 heavy (non-hydrogen) atoms. The number of carbonyl (C=O) groups excluding carboxylic acids is 1. The summed E-state index contributed by atoms with van der Waals surface area (Å²) in [5, 5.41) is 1.89. The third kappa shape index (κ3) is 4.91. The first-order chi connectivity index (χ1) is 7.79. The van der Waals surface area contributed by atoms with Crippen LogP contribution < -0.4 is 5.32 Å². The van der Waals surface area contributed by atoms with Crippen LogP contribution in [0.2, 0.25) is 0 Å². The Morgan fingerprint density at radius 3 is 2.76 bits per heavy atom. The molecule has 0 radical (unpaired) electrons.